The van der Waals surface area contributed by atoms with Crippen LogP contribution in [0.2, 0.25) is 0 Å². The van der Waals surface area contributed by atoms with Gasteiger partial charge in [0.1, 0.15) is 10.6 Å². The van der Waals surface area contributed by atoms with Gasteiger partial charge in [0.2, 0.25) is 0 Å². The summed E-state index contributed by atoms with van der Waals surface area (Å²) in [6, 6.07) is 2.72. The molecule has 10 heteroatoms. The molecular weight excluding hydrogens is 332 g/mol. The number of aromatic nitrogens is 2. The van der Waals surface area contributed by atoms with Crippen molar-refractivity contribution in [3.8, 4) is 5.75 Å². The number of amides is 1. The molecule has 0 fully saturated rings. The molecule has 1 heterocycles. The van der Waals surface area contributed by atoms with E-state index in [9.17, 15) is 22.0 Å². The Balaban J connectivity index is 2.06. The van der Waals surface area contributed by atoms with E-state index in [1.165, 1.54) is 24.9 Å². The average molecular weight is 345 g/mol. The molecule has 0 aliphatic heterocycles. The van der Waals surface area contributed by atoms with Crippen LogP contribution in [0.25, 0.3) is 0 Å². The third-order valence-electron chi connectivity index (χ3n) is 2.80. The van der Waals surface area contributed by atoms with Crippen LogP contribution >= 0.6 is 0 Å². The monoisotopic (exact) mass is 345 g/mol. The molecule has 0 saturated heterocycles. The fourth-order valence-corrected chi connectivity index (χ4v) is 2.65. The van der Waals surface area contributed by atoms with Gasteiger partial charge in [-0.15, -0.1) is 0 Å². The van der Waals surface area contributed by atoms with Gasteiger partial charge in [0.05, 0.1) is 6.20 Å². The highest BCUT2D eigenvalue weighted by Crippen LogP contribution is 2.17. The van der Waals surface area contributed by atoms with E-state index in [-0.39, 0.29) is 10.6 Å². The molecule has 1 amide bonds. The molecule has 7 nitrogen and oxygen atoms in total. The number of rotatable bonds is 5. The van der Waals surface area contributed by atoms with Gasteiger partial charge in [0, 0.05) is 19.3 Å². The van der Waals surface area contributed by atoms with Gasteiger partial charge in [-0.2, -0.15) is 5.10 Å². The van der Waals surface area contributed by atoms with Crippen molar-refractivity contribution in [3.05, 3.63) is 42.2 Å². The van der Waals surface area contributed by atoms with E-state index in [1.807, 2.05) is 4.72 Å². The minimum atomic E-state index is -4.09. The zero-order chi connectivity index (χ0) is 17.2. The highest BCUT2D eigenvalue weighted by Gasteiger charge is 2.24. The second-order valence-corrected chi connectivity index (χ2v) is 6.34. The first kappa shape index (κ1) is 16.9. The van der Waals surface area contributed by atoms with Gasteiger partial charge in [0.25, 0.3) is 15.9 Å². The lowest BCUT2D eigenvalue weighted by Crippen LogP contribution is -2.39. The molecule has 0 aliphatic rings. The van der Waals surface area contributed by atoms with Crippen LogP contribution in [0.4, 0.5) is 8.78 Å². The van der Waals surface area contributed by atoms with Crippen LogP contribution in [0.1, 0.15) is 6.92 Å². The van der Waals surface area contributed by atoms with Gasteiger partial charge in [-0.1, -0.05) is 0 Å². The third kappa shape index (κ3) is 4.03. The van der Waals surface area contributed by atoms with Gasteiger partial charge < -0.3 is 4.74 Å². The first-order valence-corrected chi connectivity index (χ1v) is 7.84. The third-order valence-corrected chi connectivity index (χ3v) is 4.10. The number of nitrogens with one attached hydrogen (secondary N) is 1. The molecule has 124 valence electrons. The predicted octanol–water partition coefficient (Wildman–Crippen LogP) is 0.971. The van der Waals surface area contributed by atoms with Crippen molar-refractivity contribution < 1.29 is 26.7 Å². The Morgan fingerprint density at radius 1 is 1.35 bits per heavy atom. The fraction of sp³-hybridized carbons (Fsp3) is 0.231. The number of nitrogens with zero attached hydrogens (tertiary/aromatic N) is 2. The Bertz CT molecular complexity index is 835. The van der Waals surface area contributed by atoms with Gasteiger partial charge in [-0.3, -0.25) is 9.48 Å². The lowest BCUT2D eigenvalue weighted by Gasteiger charge is -2.14. The van der Waals surface area contributed by atoms with Crippen LogP contribution in [0.15, 0.2) is 35.5 Å². The summed E-state index contributed by atoms with van der Waals surface area (Å²) in [5.41, 5.74) is 0. The van der Waals surface area contributed by atoms with Gasteiger partial charge >= 0.3 is 0 Å². The highest BCUT2D eigenvalue weighted by molar-refractivity contribution is 7.90. The molecular formula is C13H13F2N3O4S. The fourth-order valence-electron chi connectivity index (χ4n) is 1.62. The van der Waals surface area contributed by atoms with E-state index in [4.69, 9.17) is 4.74 Å². The topological polar surface area (TPSA) is 90.3 Å². The number of carbonyl (C=O) groups is 1. The molecule has 1 atom stereocenters. The Hall–Kier alpha value is -2.49. The van der Waals surface area contributed by atoms with Gasteiger partial charge in [0.15, 0.2) is 17.7 Å². The molecule has 23 heavy (non-hydrogen) atoms. The SMILES string of the molecule is C[C@@H](Oc1ccc(F)c(F)c1)C(=O)NS(=O)(=O)c1cnn(C)c1. The summed E-state index contributed by atoms with van der Waals surface area (Å²) in [5, 5.41) is 3.70. The maximum atomic E-state index is 13.1. The van der Waals surface area contributed by atoms with Crippen LogP contribution in [0.3, 0.4) is 0 Å². The van der Waals surface area contributed by atoms with Crippen molar-refractivity contribution in [2.24, 2.45) is 7.05 Å². The minimum absolute atomic E-state index is 0.106. The number of ether oxygens (including phenoxy) is 1. The molecule has 1 aromatic heterocycles. The number of hydrogen-bond acceptors (Lipinski definition) is 5. The van der Waals surface area contributed by atoms with Crippen LogP contribution in [0, 0.1) is 11.6 Å². The lowest BCUT2D eigenvalue weighted by atomic mass is 10.3. The number of hydrogen-bond donors (Lipinski definition) is 1. The summed E-state index contributed by atoms with van der Waals surface area (Å²) >= 11 is 0. The van der Waals surface area contributed by atoms with E-state index >= 15 is 0 Å². The maximum Gasteiger partial charge on any atom is 0.274 e. The average Bonchev–Trinajstić information content (AvgIpc) is 2.90. The van der Waals surface area contributed by atoms with Crippen LogP contribution in [0.5, 0.6) is 5.75 Å². The Kier molecular flexibility index (Phi) is 4.64. The second-order valence-electron chi connectivity index (χ2n) is 4.66. The van der Waals surface area contributed by atoms with Gasteiger partial charge in [-0.05, 0) is 19.1 Å². The zero-order valence-electron chi connectivity index (χ0n) is 12.2. The number of carbonyl (C=O) groups excluding carboxylic acids is 1. The van der Waals surface area contributed by atoms with Crippen molar-refractivity contribution in [1.29, 1.82) is 0 Å². The van der Waals surface area contributed by atoms with Gasteiger partial charge in [-0.25, -0.2) is 21.9 Å². The van der Waals surface area contributed by atoms with Crippen molar-refractivity contribution in [2.45, 2.75) is 17.9 Å². The maximum absolute atomic E-state index is 13.1. The van der Waals surface area contributed by atoms with Crippen molar-refractivity contribution in [1.82, 2.24) is 14.5 Å². The molecule has 0 saturated carbocycles. The summed E-state index contributed by atoms with van der Waals surface area (Å²) in [6.07, 6.45) is 1.05. The van der Waals surface area contributed by atoms with E-state index in [0.29, 0.717) is 0 Å². The molecule has 0 radical (unpaired) electrons. The number of sulfonamides is 1. The Morgan fingerprint density at radius 3 is 2.61 bits per heavy atom. The first-order chi connectivity index (χ1) is 10.7. The van der Waals surface area contributed by atoms with Crippen molar-refractivity contribution in [3.63, 3.8) is 0 Å². The molecule has 0 unspecified atom stereocenters. The molecule has 2 rings (SSSR count). The van der Waals surface area contributed by atoms with Crippen LogP contribution in [-0.4, -0.2) is 30.2 Å². The van der Waals surface area contributed by atoms with E-state index in [0.717, 1.165) is 24.4 Å². The zero-order valence-corrected chi connectivity index (χ0v) is 13.0. The number of aryl methyl sites for hydroxylation is 1. The summed E-state index contributed by atoms with van der Waals surface area (Å²) in [4.78, 5) is 11.7. The summed E-state index contributed by atoms with van der Waals surface area (Å²) in [5.74, 6) is -3.27. The molecule has 0 aliphatic carbocycles. The molecule has 2 aromatic rings. The first-order valence-electron chi connectivity index (χ1n) is 6.36. The summed E-state index contributed by atoms with van der Waals surface area (Å²) < 4.78 is 58.0. The molecule has 0 bridgehead atoms. The Labute approximate surface area is 130 Å². The normalized spacial score (nSPS) is 12.7. The van der Waals surface area contributed by atoms with E-state index < -0.39 is 33.7 Å². The molecule has 0 spiro atoms. The summed E-state index contributed by atoms with van der Waals surface area (Å²) in [6.45, 7) is 1.27. The lowest BCUT2D eigenvalue weighted by molar-refractivity contribution is -0.125. The molecule has 1 aromatic carbocycles. The summed E-state index contributed by atoms with van der Waals surface area (Å²) in [7, 11) is -2.56. The molecule has 1 N–H and O–H groups in total. The number of halogens is 2. The predicted molar refractivity (Wildman–Crippen MR) is 75.0 cm³/mol. The van der Waals surface area contributed by atoms with E-state index in [2.05, 4.69) is 5.10 Å². The van der Waals surface area contributed by atoms with Crippen molar-refractivity contribution >= 4 is 15.9 Å². The second kappa shape index (κ2) is 6.32. The quantitative estimate of drug-likeness (QED) is 0.872. The minimum Gasteiger partial charge on any atom is -0.481 e. The largest absolute Gasteiger partial charge is 0.481 e. The highest BCUT2D eigenvalue weighted by atomic mass is 32.2. The Morgan fingerprint density at radius 2 is 2.04 bits per heavy atom. The number of benzene rings is 1. The van der Waals surface area contributed by atoms with Crippen molar-refractivity contribution in [2.75, 3.05) is 0 Å². The van der Waals surface area contributed by atoms with Crippen LogP contribution < -0.4 is 9.46 Å². The van der Waals surface area contributed by atoms with Crippen LogP contribution in [-0.2, 0) is 21.9 Å². The van der Waals surface area contributed by atoms with E-state index in [1.54, 1.807) is 0 Å². The standard InChI is InChI=1S/C13H13F2N3O4S/c1-8(22-9-3-4-11(14)12(15)5-9)13(19)17-23(20,21)10-6-16-18(2)7-10/h3-8H,1-2H3,(H,17,19)/t8-/m1/s1. The smallest absolute Gasteiger partial charge is 0.274 e.